The van der Waals surface area contributed by atoms with Gasteiger partial charge in [0.15, 0.2) is 5.78 Å². The molecule has 10 heavy (non-hydrogen) atoms. The van der Waals surface area contributed by atoms with Gasteiger partial charge in [-0.15, -0.1) is 0 Å². The Labute approximate surface area is 58.8 Å². The maximum atomic E-state index is 10.5. The minimum Gasteiger partial charge on any atom is -0.481 e. The standard InChI is InChI=1S/C6H10O4/c1-4(7)5(10-2)3-6(8)9/h5H,3H2,1-2H3,(H,8,9). The summed E-state index contributed by atoms with van der Waals surface area (Å²) in [5.74, 6) is -1.29. The molecule has 58 valence electrons. The van der Waals surface area contributed by atoms with Crippen molar-refractivity contribution in [2.24, 2.45) is 0 Å². The molecule has 0 radical (unpaired) electrons. The smallest absolute Gasteiger partial charge is 0.306 e. The summed E-state index contributed by atoms with van der Waals surface area (Å²) in [7, 11) is 1.31. The average Bonchev–Trinajstić information content (AvgIpc) is 1.81. The molecule has 0 aliphatic rings. The number of methoxy groups -OCH3 is 1. The molecule has 0 fully saturated rings. The van der Waals surface area contributed by atoms with Crippen LogP contribution in [0.4, 0.5) is 0 Å². The van der Waals surface area contributed by atoms with Gasteiger partial charge < -0.3 is 9.84 Å². The number of hydrogen-bond acceptors (Lipinski definition) is 3. The van der Waals surface area contributed by atoms with E-state index in [1.54, 1.807) is 0 Å². The number of rotatable bonds is 4. The number of carboxylic acid groups (broad SMARTS) is 1. The summed E-state index contributed by atoms with van der Waals surface area (Å²) in [6, 6.07) is 0. The Morgan fingerprint density at radius 3 is 2.20 bits per heavy atom. The summed E-state index contributed by atoms with van der Waals surface area (Å²) < 4.78 is 4.59. The minimum atomic E-state index is -1.03. The monoisotopic (exact) mass is 146 g/mol. The second kappa shape index (κ2) is 4.00. The van der Waals surface area contributed by atoms with Gasteiger partial charge >= 0.3 is 5.97 Å². The van der Waals surface area contributed by atoms with Crippen LogP contribution in [0.25, 0.3) is 0 Å². The predicted molar refractivity (Wildman–Crippen MR) is 33.7 cm³/mol. The van der Waals surface area contributed by atoms with Gasteiger partial charge in [-0.05, 0) is 6.92 Å². The summed E-state index contributed by atoms with van der Waals surface area (Å²) in [4.78, 5) is 20.6. The van der Waals surface area contributed by atoms with Crippen LogP contribution in [0.3, 0.4) is 0 Å². The molecule has 4 heteroatoms. The fourth-order valence-electron chi connectivity index (χ4n) is 0.552. The van der Waals surface area contributed by atoms with E-state index in [1.807, 2.05) is 0 Å². The van der Waals surface area contributed by atoms with Crippen molar-refractivity contribution in [2.75, 3.05) is 7.11 Å². The van der Waals surface area contributed by atoms with Gasteiger partial charge in [-0.3, -0.25) is 9.59 Å². The van der Waals surface area contributed by atoms with E-state index in [0.29, 0.717) is 0 Å². The maximum Gasteiger partial charge on any atom is 0.306 e. The second-order valence-electron chi connectivity index (χ2n) is 1.93. The molecule has 0 bridgehead atoms. The highest BCUT2D eigenvalue weighted by molar-refractivity contribution is 5.84. The van der Waals surface area contributed by atoms with Gasteiger partial charge in [0.05, 0.1) is 6.42 Å². The van der Waals surface area contributed by atoms with Gasteiger partial charge in [0, 0.05) is 7.11 Å². The van der Waals surface area contributed by atoms with Crippen molar-refractivity contribution in [2.45, 2.75) is 19.4 Å². The van der Waals surface area contributed by atoms with E-state index in [4.69, 9.17) is 5.11 Å². The second-order valence-corrected chi connectivity index (χ2v) is 1.93. The molecule has 0 aromatic heterocycles. The fraction of sp³-hybridized carbons (Fsp3) is 0.667. The highest BCUT2D eigenvalue weighted by Crippen LogP contribution is 1.97. The molecule has 0 aliphatic carbocycles. The van der Waals surface area contributed by atoms with Crippen molar-refractivity contribution in [3.63, 3.8) is 0 Å². The molecule has 0 amide bonds. The quantitative estimate of drug-likeness (QED) is 0.609. The Morgan fingerprint density at radius 2 is 2.10 bits per heavy atom. The first-order chi connectivity index (χ1) is 4.57. The van der Waals surface area contributed by atoms with E-state index in [-0.39, 0.29) is 12.2 Å². The molecule has 0 spiro atoms. The number of carboxylic acids is 1. The highest BCUT2D eigenvalue weighted by atomic mass is 16.5. The van der Waals surface area contributed by atoms with Crippen LogP contribution in [0.15, 0.2) is 0 Å². The number of Topliss-reactive ketones (excluding diaryl/α,β-unsaturated/α-hetero) is 1. The van der Waals surface area contributed by atoms with Crippen LogP contribution in [0.5, 0.6) is 0 Å². The molecule has 0 saturated carbocycles. The Bertz CT molecular complexity index is 141. The number of aliphatic carboxylic acids is 1. The fourth-order valence-corrected chi connectivity index (χ4v) is 0.552. The lowest BCUT2D eigenvalue weighted by molar-refractivity contribution is -0.143. The Hall–Kier alpha value is -0.900. The van der Waals surface area contributed by atoms with Crippen LogP contribution in [0, 0.1) is 0 Å². The zero-order valence-electron chi connectivity index (χ0n) is 5.96. The zero-order valence-corrected chi connectivity index (χ0v) is 5.96. The number of carbonyl (C=O) groups is 2. The van der Waals surface area contributed by atoms with Crippen LogP contribution in [-0.4, -0.2) is 30.1 Å². The van der Waals surface area contributed by atoms with Crippen LogP contribution in [0.2, 0.25) is 0 Å². The summed E-state index contributed by atoms with van der Waals surface area (Å²) in [6.45, 7) is 1.30. The SMILES string of the molecule is COC(CC(=O)O)C(C)=O. The Balaban J connectivity index is 3.83. The number of ether oxygens (including phenoxy) is 1. The first-order valence-corrected chi connectivity index (χ1v) is 2.83. The van der Waals surface area contributed by atoms with Crippen molar-refractivity contribution in [3.8, 4) is 0 Å². The number of ketones is 1. The third-order valence-corrected chi connectivity index (χ3v) is 1.10. The third-order valence-electron chi connectivity index (χ3n) is 1.10. The largest absolute Gasteiger partial charge is 0.481 e. The molecule has 0 aromatic carbocycles. The zero-order chi connectivity index (χ0) is 8.15. The third kappa shape index (κ3) is 3.19. The first kappa shape index (κ1) is 9.10. The molecule has 4 nitrogen and oxygen atoms in total. The van der Waals surface area contributed by atoms with Crippen LogP contribution < -0.4 is 0 Å². The van der Waals surface area contributed by atoms with E-state index in [0.717, 1.165) is 0 Å². The van der Waals surface area contributed by atoms with Gasteiger partial charge in [-0.25, -0.2) is 0 Å². The van der Waals surface area contributed by atoms with E-state index >= 15 is 0 Å². The van der Waals surface area contributed by atoms with Crippen molar-refractivity contribution in [1.82, 2.24) is 0 Å². The average molecular weight is 146 g/mol. The van der Waals surface area contributed by atoms with Gasteiger partial charge in [0.2, 0.25) is 0 Å². The number of carbonyl (C=O) groups excluding carboxylic acids is 1. The Morgan fingerprint density at radius 1 is 1.60 bits per heavy atom. The minimum absolute atomic E-state index is 0.258. The normalized spacial score (nSPS) is 12.6. The first-order valence-electron chi connectivity index (χ1n) is 2.83. The molecular weight excluding hydrogens is 136 g/mol. The Kier molecular flexibility index (Phi) is 3.64. The highest BCUT2D eigenvalue weighted by Gasteiger charge is 2.16. The predicted octanol–water partition coefficient (Wildman–Crippen LogP) is 0.0651. The van der Waals surface area contributed by atoms with E-state index < -0.39 is 12.1 Å². The van der Waals surface area contributed by atoms with Crippen LogP contribution in [0.1, 0.15) is 13.3 Å². The van der Waals surface area contributed by atoms with Crippen LogP contribution >= 0.6 is 0 Å². The van der Waals surface area contributed by atoms with Gasteiger partial charge in [-0.1, -0.05) is 0 Å². The van der Waals surface area contributed by atoms with Crippen molar-refractivity contribution >= 4 is 11.8 Å². The molecule has 1 unspecified atom stereocenters. The summed E-state index contributed by atoms with van der Waals surface area (Å²) in [5, 5.41) is 8.23. The van der Waals surface area contributed by atoms with Crippen molar-refractivity contribution in [3.05, 3.63) is 0 Å². The molecule has 0 rings (SSSR count). The molecule has 0 saturated heterocycles. The van der Waals surface area contributed by atoms with Gasteiger partial charge in [0.1, 0.15) is 6.10 Å². The molecule has 0 aromatic rings. The molecule has 1 atom stereocenters. The lowest BCUT2D eigenvalue weighted by atomic mass is 10.2. The molecule has 1 N–H and O–H groups in total. The molecular formula is C6H10O4. The van der Waals surface area contributed by atoms with Gasteiger partial charge in [-0.2, -0.15) is 0 Å². The number of hydrogen-bond donors (Lipinski definition) is 1. The maximum absolute atomic E-state index is 10.5. The summed E-state index contributed by atoms with van der Waals surface area (Å²) >= 11 is 0. The van der Waals surface area contributed by atoms with Crippen molar-refractivity contribution in [1.29, 1.82) is 0 Å². The van der Waals surface area contributed by atoms with Gasteiger partial charge in [0.25, 0.3) is 0 Å². The van der Waals surface area contributed by atoms with E-state index in [1.165, 1.54) is 14.0 Å². The molecule has 0 aliphatic heterocycles. The lowest BCUT2D eigenvalue weighted by Crippen LogP contribution is -2.23. The van der Waals surface area contributed by atoms with E-state index in [2.05, 4.69) is 4.74 Å². The summed E-state index contributed by atoms with van der Waals surface area (Å²) in [5.41, 5.74) is 0. The van der Waals surface area contributed by atoms with Crippen LogP contribution in [-0.2, 0) is 14.3 Å². The van der Waals surface area contributed by atoms with E-state index in [9.17, 15) is 9.59 Å². The van der Waals surface area contributed by atoms with Crippen molar-refractivity contribution < 1.29 is 19.4 Å². The summed E-state index contributed by atoms with van der Waals surface area (Å²) in [6.07, 6.45) is -1.05. The topological polar surface area (TPSA) is 63.6 Å². The lowest BCUT2D eigenvalue weighted by Gasteiger charge is -2.06. The molecule has 0 heterocycles.